The van der Waals surface area contributed by atoms with Crippen LogP contribution in [-0.4, -0.2) is 202 Å². The minimum atomic E-state index is -1.71. The summed E-state index contributed by atoms with van der Waals surface area (Å²) in [7, 11) is 1.60. The second-order valence-electron chi connectivity index (χ2n) is 13.1. The lowest BCUT2D eigenvalue weighted by Gasteiger charge is -2.48. The molecule has 1 amide bonds. The number of nitrogens with two attached hydrogens (primary N) is 5. The van der Waals surface area contributed by atoms with Gasteiger partial charge in [0.2, 0.25) is 5.91 Å². The van der Waals surface area contributed by atoms with Gasteiger partial charge in [-0.2, -0.15) is 0 Å². The van der Waals surface area contributed by atoms with Crippen LogP contribution in [0.2, 0.25) is 0 Å². The summed E-state index contributed by atoms with van der Waals surface area (Å²) in [5, 5.41) is 90.2. The molecular formula is C28H55N7O15. The molecule has 20 N–H and O–H groups in total. The Balaban J connectivity index is 1.57. The van der Waals surface area contributed by atoms with Gasteiger partial charge < -0.3 is 109 Å². The molecular weight excluding hydrogens is 674 g/mol. The lowest BCUT2D eigenvalue weighted by Crippen LogP contribution is -2.69. The Morgan fingerprint density at radius 2 is 1.30 bits per heavy atom. The largest absolute Gasteiger partial charge is 0.394 e. The molecule has 50 heavy (non-hydrogen) atoms. The van der Waals surface area contributed by atoms with Crippen LogP contribution in [0.15, 0.2) is 0 Å². The van der Waals surface area contributed by atoms with Gasteiger partial charge in [-0.1, -0.05) is 0 Å². The maximum absolute atomic E-state index is 12.7. The van der Waals surface area contributed by atoms with Crippen molar-refractivity contribution in [2.24, 2.45) is 28.7 Å². The molecule has 0 unspecified atom stereocenters. The number of nitrogens with one attached hydrogen (secondary N) is 2. The predicted molar refractivity (Wildman–Crippen MR) is 167 cm³/mol. The van der Waals surface area contributed by atoms with E-state index in [9.17, 15) is 45.6 Å². The first kappa shape index (κ1) is 41.4. The van der Waals surface area contributed by atoms with Gasteiger partial charge in [0.05, 0.1) is 24.7 Å². The van der Waals surface area contributed by atoms with E-state index in [4.69, 9.17) is 57.1 Å². The first-order valence-electron chi connectivity index (χ1n) is 16.6. The predicted octanol–water partition coefficient (Wildman–Crippen LogP) is -9.77. The molecule has 292 valence electrons. The molecule has 0 radical (unpaired) electrons. The van der Waals surface area contributed by atoms with Gasteiger partial charge in [-0.3, -0.25) is 4.79 Å². The second-order valence-corrected chi connectivity index (χ2v) is 13.1. The maximum atomic E-state index is 12.7. The van der Waals surface area contributed by atoms with E-state index in [1.165, 1.54) is 0 Å². The minimum absolute atomic E-state index is 0.00903. The van der Waals surface area contributed by atoms with Crippen molar-refractivity contribution in [2.75, 3.05) is 33.3 Å². The zero-order chi connectivity index (χ0) is 37.0. The van der Waals surface area contributed by atoms with Gasteiger partial charge in [-0.05, 0) is 26.4 Å². The summed E-state index contributed by atoms with van der Waals surface area (Å²) in [6, 6.07) is -4.76. The van der Waals surface area contributed by atoms with Crippen LogP contribution in [0.3, 0.4) is 0 Å². The first-order valence-corrected chi connectivity index (χ1v) is 16.6. The number of rotatable bonds is 14. The molecule has 3 saturated heterocycles. The smallest absolute Gasteiger partial charge is 0.249 e. The molecule has 4 aliphatic rings. The van der Waals surface area contributed by atoms with Crippen molar-refractivity contribution in [3.8, 4) is 0 Å². The number of likely N-dealkylation sites (N-methyl/N-ethyl adjacent to an activating group) is 1. The fourth-order valence-electron chi connectivity index (χ4n) is 6.59. The molecule has 22 heteroatoms. The van der Waals surface area contributed by atoms with E-state index in [0.29, 0.717) is 0 Å². The van der Waals surface area contributed by atoms with E-state index in [1.807, 2.05) is 0 Å². The van der Waals surface area contributed by atoms with Crippen LogP contribution < -0.4 is 39.3 Å². The van der Waals surface area contributed by atoms with Crippen molar-refractivity contribution >= 4 is 5.91 Å². The summed E-state index contributed by atoms with van der Waals surface area (Å²) in [6.07, 6.45) is -22.8. The SMILES string of the molecule is CNC[C@H]1O[C@H](O[C@H]2[C@H](O[C@@H]3O[C@H](CO)[C@@H](O[C@H]4O[C@@H](CN)[C@@H](O)[C@H](O)[C@H]4N)[C@H]3O)[C@@H](O)[C@H](NC(=O)[C@@H](O)CCN)C[C@@H]2N)[C@H](N)[C@H](O)[C@@H]1O. The van der Waals surface area contributed by atoms with E-state index in [2.05, 4.69) is 10.6 Å². The van der Waals surface area contributed by atoms with Crippen molar-refractivity contribution in [3.63, 3.8) is 0 Å². The van der Waals surface area contributed by atoms with Gasteiger partial charge in [0, 0.05) is 19.1 Å². The average Bonchev–Trinajstić information content (AvgIpc) is 3.39. The third-order valence-electron chi connectivity index (χ3n) is 9.57. The molecule has 3 aliphatic heterocycles. The fourth-order valence-corrected chi connectivity index (χ4v) is 6.59. The van der Waals surface area contributed by atoms with Gasteiger partial charge in [-0.25, -0.2) is 0 Å². The third kappa shape index (κ3) is 8.88. The Morgan fingerprint density at radius 1 is 0.760 bits per heavy atom. The molecule has 20 atom stereocenters. The van der Waals surface area contributed by atoms with Crippen LogP contribution >= 0.6 is 0 Å². The van der Waals surface area contributed by atoms with Crippen molar-refractivity contribution in [1.29, 1.82) is 0 Å². The minimum Gasteiger partial charge on any atom is -0.394 e. The number of hydrogen-bond acceptors (Lipinski definition) is 21. The Labute approximate surface area is 288 Å². The molecule has 4 fully saturated rings. The van der Waals surface area contributed by atoms with Gasteiger partial charge in [0.1, 0.15) is 79.4 Å². The maximum Gasteiger partial charge on any atom is 0.249 e. The number of aliphatic hydroxyl groups is 8. The number of hydrogen-bond donors (Lipinski definition) is 15. The highest BCUT2D eigenvalue weighted by molar-refractivity contribution is 5.80. The van der Waals surface area contributed by atoms with Gasteiger partial charge in [0.25, 0.3) is 0 Å². The number of carbonyl (C=O) groups is 1. The number of ether oxygens (including phenoxy) is 6. The summed E-state index contributed by atoms with van der Waals surface area (Å²) >= 11 is 0. The highest BCUT2D eigenvalue weighted by Gasteiger charge is 2.55. The molecule has 1 aliphatic carbocycles. The van der Waals surface area contributed by atoms with Crippen LogP contribution in [0.1, 0.15) is 12.8 Å². The molecule has 22 nitrogen and oxygen atoms in total. The monoisotopic (exact) mass is 729 g/mol. The molecule has 0 spiro atoms. The van der Waals surface area contributed by atoms with E-state index >= 15 is 0 Å². The summed E-state index contributed by atoms with van der Waals surface area (Å²) in [6.45, 7) is -0.802. The first-order chi connectivity index (χ1) is 23.7. The molecule has 0 aromatic carbocycles. The molecule has 1 saturated carbocycles. The molecule has 0 bridgehead atoms. The Morgan fingerprint density at radius 3 is 1.86 bits per heavy atom. The normalized spacial score (nSPS) is 47.6. The molecule has 4 rings (SSSR count). The van der Waals surface area contributed by atoms with Gasteiger partial charge >= 0.3 is 0 Å². The number of aliphatic hydroxyl groups excluding tert-OH is 8. The lowest BCUT2D eigenvalue weighted by molar-refractivity contribution is -0.307. The number of carbonyl (C=O) groups excluding carboxylic acids is 1. The fraction of sp³-hybridized carbons (Fsp3) is 0.964. The van der Waals surface area contributed by atoms with E-state index in [-0.39, 0.29) is 32.5 Å². The quantitative estimate of drug-likeness (QED) is 0.0789. The molecule has 0 aromatic rings. The Kier molecular flexibility index (Phi) is 15.0. The van der Waals surface area contributed by atoms with E-state index in [0.717, 1.165) is 0 Å². The molecule has 0 aromatic heterocycles. The summed E-state index contributed by atoms with van der Waals surface area (Å²) in [5.41, 5.74) is 29.8. The summed E-state index contributed by atoms with van der Waals surface area (Å²) < 4.78 is 35.3. The van der Waals surface area contributed by atoms with Gasteiger partial charge in [-0.15, -0.1) is 0 Å². The van der Waals surface area contributed by atoms with Crippen LogP contribution in [0.4, 0.5) is 0 Å². The lowest BCUT2D eigenvalue weighted by atomic mass is 9.83. The highest BCUT2D eigenvalue weighted by Crippen LogP contribution is 2.34. The third-order valence-corrected chi connectivity index (χ3v) is 9.57. The van der Waals surface area contributed by atoms with Crippen molar-refractivity contribution < 1.29 is 74.1 Å². The highest BCUT2D eigenvalue weighted by atomic mass is 16.8. The topological polar surface area (TPSA) is 388 Å². The zero-order valence-corrected chi connectivity index (χ0v) is 27.6. The molecule has 3 heterocycles. The Bertz CT molecular complexity index is 1070. The number of amides is 1. The second kappa shape index (κ2) is 18.1. The summed E-state index contributed by atoms with van der Waals surface area (Å²) in [4.78, 5) is 12.7. The Hall–Kier alpha value is -1.33. The van der Waals surface area contributed by atoms with Crippen LogP contribution in [0.25, 0.3) is 0 Å². The average molecular weight is 730 g/mol. The zero-order valence-electron chi connectivity index (χ0n) is 27.6. The van der Waals surface area contributed by atoms with Crippen molar-refractivity contribution in [1.82, 2.24) is 10.6 Å². The van der Waals surface area contributed by atoms with Crippen LogP contribution in [0, 0.1) is 0 Å². The van der Waals surface area contributed by atoms with E-state index in [1.54, 1.807) is 7.05 Å². The van der Waals surface area contributed by atoms with Crippen molar-refractivity contribution in [2.45, 2.75) is 135 Å². The standard InChI is InChI=1S/C28H55N7O15/c1-34-6-12-18(40)20(42)15(33)27(46-12)48-22-8(31)4-9(35-25(44)10(37)2-3-29)16(38)24(22)50-28-21(43)23(13(7-36)47-28)49-26-14(32)19(41)17(39)11(5-30)45-26/h8-24,26-28,34,36-43H,2-7,29-33H2,1H3,(H,35,44)/t8-,9+,10-,11-,12+,13+,14+,15+,16-,17+,18+,19+,20-,21+,22+,23+,24+,26+,27+,28-/m0/s1. The van der Waals surface area contributed by atoms with Gasteiger partial charge in [0.15, 0.2) is 18.9 Å². The van der Waals surface area contributed by atoms with Crippen molar-refractivity contribution in [3.05, 3.63) is 0 Å². The van der Waals surface area contributed by atoms with Crippen LogP contribution in [0.5, 0.6) is 0 Å². The summed E-state index contributed by atoms with van der Waals surface area (Å²) in [5.74, 6) is -0.840. The van der Waals surface area contributed by atoms with Crippen LogP contribution in [-0.2, 0) is 33.2 Å². The van der Waals surface area contributed by atoms with E-state index < -0.39 is 135 Å².